The van der Waals surface area contributed by atoms with Crippen LogP contribution in [0, 0.1) is 0 Å². The molecule has 1 aromatic rings. The third-order valence-electron chi connectivity index (χ3n) is 3.09. The van der Waals surface area contributed by atoms with E-state index in [0.717, 1.165) is 11.3 Å². The van der Waals surface area contributed by atoms with E-state index in [0.29, 0.717) is 18.8 Å². The van der Waals surface area contributed by atoms with Gasteiger partial charge < -0.3 is 19.9 Å². The van der Waals surface area contributed by atoms with Crippen LogP contribution in [0.5, 0.6) is 11.5 Å². The van der Waals surface area contributed by atoms with Gasteiger partial charge in [-0.3, -0.25) is 0 Å². The molecule has 0 spiro atoms. The quantitative estimate of drug-likeness (QED) is 0.797. The molecule has 4 heteroatoms. The van der Waals surface area contributed by atoms with Crippen LogP contribution in [0.1, 0.15) is 38.8 Å². The first kappa shape index (κ1) is 15.8. The highest BCUT2D eigenvalue weighted by molar-refractivity contribution is 5.43. The molecule has 0 amide bonds. The maximum Gasteiger partial charge on any atom is 0.161 e. The third-order valence-corrected chi connectivity index (χ3v) is 3.09. The highest BCUT2D eigenvalue weighted by atomic mass is 16.5. The van der Waals surface area contributed by atoms with E-state index < -0.39 is 5.60 Å². The largest absolute Gasteiger partial charge is 0.493 e. The van der Waals surface area contributed by atoms with Gasteiger partial charge in [-0.25, -0.2) is 0 Å². The van der Waals surface area contributed by atoms with Crippen LogP contribution in [0.3, 0.4) is 0 Å². The first-order chi connectivity index (χ1) is 8.87. The van der Waals surface area contributed by atoms with E-state index in [-0.39, 0.29) is 6.04 Å². The van der Waals surface area contributed by atoms with Crippen LogP contribution in [0.15, 0.2) is 18.2 Å². The predicted molar refractivity (Wildman–Crippen MR) is 76.9 cm³/mol. The van der Waals surface area contributed by atoms with Crippen molar-refractivity contribution >= 4 is 0 Å². The van der Waals surface area contributed by atoms with Gasteiger partial charge in [0.05, 0.1) is 19.3 Å². The zero-order valence-corrected chi connectivity index (χ0v) is 12.5. The summed E-state index contributed by atoms with van der Waals surface area (Å²) in [5.41, 5.74) is 0.433. The summed E-state index contributed by atoms with van der Waals surface area (Å²) in [6.45, 7) is 6.08. The highest BCUT2D eigenvalue weighted by Crippen LogP contribution is 2.30. The Hall–Kier alpha value is -1.26. The molecule has 4 nitrogen and oxygen atoms in total. The summed E-state index contributed by atoms with van der Waals surface area (Å²) in [4.78, 5) is 0. The van der Waals surface area contributed by atoms with E-state index in [1.807, 2.05) is 25.2 Å². The molecular formula is C15H25NO3. The Morgan fingerprint density at radius 3 is 2.53 bits per heavy atom. The van der Waals surface area contributed by atoms with Gasteiger partial charge in [-0.1, -0.05) is 6.07 Å². The molecule has 1 unspecified atom stereocenters. The standard InChI is InChI=1S/C15H25NO3/c1-11(16-4)12-6-7-13(14(10-12)18-5)19-9-8-15(2,3)17/h6-7,10-11,16-17H,8-9H2,1-5H3. The maximum absolute atomic E-state index is 9.65. The van der Waals surface area contributed by atoms with Crippen LogP contribution < -0.4 is 14.8 Å². The number of hydrogen-bond acceptors (Lipinski definition) is 4. The van der Waals surface area contributed by atoms with E-state index in [1.54, 1.807) is 21.0 Å². The average Bonchev–Trinajstić information content (AvgIpc) is 2.36. The Morgan fingerprint density at radius 1 is 1.32 bits per heavy atom. The van der Waals surface area contributed by atoms with E-state index >= 15 is 0 Å². The lowest BCUT2D eigenvalue weighted by Crippen LogP contribution is -2.21. The lowest BCUT2D eigenvalue weighted by molar-refractivity contribution is 0.0549. The topological polar surface area (TPSA) is 50.7 Å². The van der Waals surface area contributed by atoms with Crippen LogP contribution in [0.25, 0.3) is 0 Å². The lowest BCUT2D eigenvalue weighted by Gasteiger charge is -2.19. The first-order valence-electron chi connectivity index (χ1n) is 6.58. The summed E-state index contributed by atoms with van der Waals surface area (Å²) in [7, 11) is 3.55. The Kier molecular flexibility index (Phi) is 5.63. The van der Waals surface area contributed by atoms with Crippen molar-refractivity contribution in [3.05, 3.63) is 23.8 Å². The number of hydrogen-bond donors (Lipinski definition) is 2. The second-order valence-corrected chi connectivity index (χ2v) is 5.33. The van der Waals surface area contributed by atoms with E-state index in [4.69, 9.17) is 9.47 Å². The summed E-state index contributed by atoms with van der Waals surface area (Å²) in [5, 5.41) is 12.8. The number of nitrogens with one attached hydrogen (secondary N) is 1. The molecule has 0 aliphatic heterocycles. The molecule has 108 valence electrons. The molecule has 1 aromatic carbocycles. The molecule has 1 atom stereocenters. The number of benzene rings is 1. The SMILES string of the molecule is CNC(C)c1ccc(OCCC(C)(C)O)c(OC)c1. The van der Waals surface area contributed by atoms with Gasteiger partial charge in [-0.05, 0) is 45.5 Å². The Balaban J connectivity index is 2.73. The molecule has 0 fully saturated rings. The van der Waals surface area contributed by atoms with Gasteiger partial charge >= 0.3 is 0 Å². The lowest BCUT2D eigenvalue weighted by atomic mass is 10.1. The van der Waals surface area contributed by atoms with Gasteiger partial charge in [0.25, 0.3) is 0 Å². The monoisotopic (exact) mass is 267 g/mol. The van der Waals surface area contributed by atoms with Crippen molar-refractivity contribution in [2.24, 2.45) is 0 Å². The van der Waals surface area contributed by atoms with Crippen LogP contribution in [0.2, 0.25) is 0 Å². The fraction of sp³-hybridized carbons (Fsp3) is 0.600. The van der Waals surface area contributed by atoms with Crippen LogP contribution in [-0.4, -0.2) is 31.5 Å². The van der Waals surface area contributed by atoms with Gasteiger partial charge in [0, 0.05) is 12.5 Å². The maximum atomic E-state index is 9.65. The minimum atomic E-state index is -0.714. The number of aliphatic hydroxyl groups is 1. The predicted octanol–water partition coefficient (Wildman–Crippen LogP) is 2.52. The molecule has 19 heavy (non-hydrogen) atoms. The molecule has 0 heterocycles. The van der Waals surface area contributed by atoms with Crippen LogP contribution in [0.4, 0.5) is 0 Å². The molecule has 2 N–H and O–H groups in total. The second-order valence-electron chi connectivity index (χ2n) is 5.33. The Morgan fingerprint density at radius 2 is 2.00 bits per heavy atom. The summed E-state index contributed by atoms with van der Waals surface area (Å²) < 4.78 is 11.0. The van der Waals surface area contributed by atoms with E-state index in [2.05, 4.69) is 12.2 Å². The molecule has 0 aromatic heterocycles. The van der Waals surface area contributed by atoms with E-state index in [1.165, 1.54) is 0 Å². The number of rotatable bonds is 7. The fourth-order valence-corrected chi connectivity index (χ4v) is 1.65. The minimum absolute atomic E-state index is 0.263. The summed E-state index contributed by atoms with van der Waals surface area (Å²) in [6.07, 6.45) is 0.574. The van der Waals surface area contributed by atoms with Crippen molar-refractivity contribution in [1.29, 1.82) is 0 Å². The summed E-state index contributed by atoms with van der Waals surface area (Å²) in [6, 6.07) is 6.16. The fourth-order valence-electron chi connectivity index (χ4n) is 1.65. The van der Waals surface area contributed by atoms with Crippen LogP contribution >= 0.6 is 0 Å². The van der Waals surface area contributed by atoms with E-state index in [9.17, 15) is 5.11 Å². The van der Waals surface area contributed by atoms with Gasteiger partial charge in [-0.2, -0.15) is 0 Å². The molecule has 1 rings (SSSR count). The third kappa shape index (κ3) is 5.09. The zero-order chi connectivity index (χ0) is 14.5. The minimum Gasteiger partial charge on any atom is -0.493 e. The molecule has 0 saturated heterocycles. The van der Waals surface area contributed by atoms with Crippen molar-refractivity contribution in [1.82, 2.24) is 5.32 Å². The van der Waals surface area contributed by atoms with Crippen molar-refractivity contribution in [2.75, 3.05) is 20.8 Å². The molecule has 0 radical (unpaired) electrons. The van der Waals surface area contributed by atoms with Crippen molar-refractivity contribution in [3.8, 4) is 11.5 Å². The summed E-state index contributed by atoms with van der Waals surface area (Å²) >= 11 is 0. The number of ether oxygens (including phenoxy) is 2. The van der Waals surface area contributed by atoms with Crippen LogP contribution in [-0.2, 0) is 0 Å². The molecular weight excluding hydrogens is 242 g/mol. The Labute approximate surface area is 115 Å². The van der Waals surface area contributed by atoms with Crippen molar-refractivity contribution in [2.45, 2.75) is 38.8 Å². The van der Waals surface area contributed by atoms with Crippen molar-refractivity contribution < 1.29 is 14.6 Å². The Bertz CT molecular complexity index is 399. The van der Waals surface area contributed by atoms with Crippen molar-refractivity contribution in [3.63, 3.8) is 0 Å². The van der Waals surface area contributed by atoms with Gasteiger partial charge in [0.15, 0.2) is 11.5 Å². The molecule has 0 aliphatic rings. The molecule has 0 aliphatic carbocycles. The van der Waals surface area contributed by atoms with Gasteiger partial charge in [0.1, 0.15) is 0 Å². The smallest absolute Gasteiger partial charge is 0.161 e. The number of methoxy groups -OCH3 is 1. The second kappa shape index (κ2) is 6.78. The zero-order valence-electron chi connectivity index (χ0n) is 12.5. The highest BCUT2D eigenvalue weighted by Gasteiger charge is 2.14. The first-order valence-corrected chi connectivity index (χ1v) is 6.58. The average molecular weight is 267 g/mol. The van der Waals surface area contributed by atoms with Gasteiger partial charge in [0.2, 0.25) is 0 Å². The van der Waals surface area contributed by atoms with Gasteiger partial charge in [-0.15, -0.1) is 0 Å². The summed E-state index contributed by atoms with van der Waals surface area (Å²) in [5.74, 6) is 1.43. The normalized spacial score (nSPS) is 13.2. The molecule has 0 bridgehead atoms. The molecule has 0 saturated carbocycles.